The summed E-state index contributed by atoms with van der Waals surface area (Å²) in [6, 6.07) is 24.4. The van der Waals surface area contributed by atoms with Gasteiger partial charge in [-0.25, -0.2) is 17.2 Å². The third kappa shape index (κ3) is 8.21. The quantitative estimate of drug-likeness (QED) is 0.195. The zero-order chi connectivity index (χ0) is 31.7. The van der Waals surface area contributed by atoms with E-state index in [0.717, 1.165) is 22.0 Å². The highest BCUT2D eigenvalue weighted by Crippen LogP contribution is 2.28. The van der Waals surface area contributed by atoms with E-state index in [9.17, 15) is 26.8 Å². The van der Waals surface area contributed by atoms with E-state index in [0.29, 0.717) is 18.5 Å². The van der Waals surface area contributed by atoms with Crippen LogP contribution in [0, 0.1) is 11.6 Å². The summed E-state index contributed by atoms with van der Waals surface area (Å²) in [5.41, 5.74) is 1.27. The van der Waals surface area contributed by atoms with Gasteiger partial charge in [-0.05, 0) is 60.0 Å². The monoisotopic (exact) mass is 639 g/mol. The number of rotatable bonds is 13. The molecule has 4 aromatic carbocycles. The molecule has 0 heterocycles. The van der Waals surface area contributed by atoms with Gasteiger partial charge in [-0.15, -0.1) is 0 Å². The molecule has 0 fully saturated rings. The minimum absolute atomic E-state index is 0.0367. The van der Waals surface area contributed by atoms with Crippen LogP contribution in [0.25, 0.3) is 0 Å². The maximum atomic E-state index is 14.3. The van der Waals surface area contributed by atoms with Gasteiger partial charge >= 0.3 is 0 Å². The van der Waals surface area contributed by atoms with Crippen LogP contribution in [-0.4, -0.2) is 44.3 Å². The van der Waals surface area contributed by atoms with Gasteiger partial charge in [-0.1, -0.05) is 79.2 Å². The molecular formula is C33H32ClF2N3O4S. The Balaban J connectivity index is 1.80. The second kappa shape index (κ2) is 14.9. The predicted octanol–water partition coefficient (Wildman–Crippen LogP) is 5.98. The first-order valence-corrected chi connectivity index (χ1v) is 15.8. The number of halogens is 3. The smallest absolute Gasteiger partial charge is 0.264 e. The Labute approximate surface area is 261 Å². The standard InChI is InChI=1S/C33H32ClF2N3O4S/c1-2-19-37-33(41)31(20-24-9-5-3-6-10-24)38(22-25-13-15-26(35)16-14-25)32(40)23-39(27-17-18-30(36)29(34)21-27)44(42,43)28-11-7-4-8-12-28/h3-18,21,31H,2,19-20,22-23H2,1H3,(H,37,41)/t31-/m1/s1. The topological polar surface area (TPSA) is 86.8 Å². The highest BCUT2D eigenvalue weighted by atomic mass is 35.5. The Hall–Kier alpha value is -4.28. The third-order valence-electron chi connectivity index (χ3n) is 6.89. The molecule has 0 aromatic heterocycles. The van der Waals surface area contributed by atoms with Gasteiger partial charge in [-0.2, -0.15) is 0 Å². The van der Waals surface area contributed by atoms with E-state index >= 15 is 0 Å². The van der Waals surface area contributed by atoms with E-state index in [1.54, 1.807) is 18.2 Å². The number of amides is 2. The van der Waals surface area contributed by atoms with Crippen molar-refractivity contribution in [3.8, 4) is 0 Å². The second-order valence-electron chi connectivity index (χ2n) is 10.1. The molecule has 0 aliphatic rings. The summed E-state index contributed by atoms with van der Waals surface area (Å²) in [4.78, 5) is 29.1. The molecule has 11 heteroatoms. The fraction of sp³-hybridized carbons (Fsp3) is 0.212. The van der Waals surface area contributed by atoms with E-state index in [2.05, 4.69) is 5.32 Å². The SMILES string of the molecule is CCCNC(=O)[C@@H](Cc1ccccc1)N(Cc1ccc(F)cc1)C(=O)CN(c1ccc(F)c(Cl)c1)S(=O)(=O)c1ccccc1. The molecular weight excluding hydrogens is 608 g/mol. The number of carbonyl (C=O) groups excluding carboxylic acids is 2. The van der Waals surface area contributed by atoms with Gasteiger partial charge in [0.05, 0.1) is 15.6 Å². The van der Waals surface area contributed by atoms with E-state index in [1.807, 2.05) is 37.3 Å². The average Bonchev–Trinajstić information content (AvgIpc) is 3.03. The molecule has 4 aromatic rings. The first-order valence-electron chi connectivity index (χ1n) is 14.0. The summed E-state index contributed by atoms with van der Waals surface area (Å²) in [6.07, 6.45) is 0.793. The van der Waals surface area contributed by atoms with Crippen molar-refractivity contribution in [2.45, 2.75) is 37.2 Å². The first kappa shape index (κ1) is 32.6. The molecule has 7 nitrogen and oxygen atoms in total. The largest absolute Gasteiger partial charge is 0.354 e. The number of hydrogen-bond donors (Lipinski definition) is 1. The van der Waals surface area contributed by atoms with Crippen LogP contribution in [0.4, 0.5) is 14.5 Å². The molecule has 0 unspecified atom stereocenters. The van der Waals surface area contributed by atoms with Crippen LogP contribution in [-0.2, 0) is 32.6 Å². The van der Waals surface area contributed by atoms with Gasteiger partial charge < -0.3 is 10.2 Å². The summed E-state index contributed by atoms with van der Waals surface area (Å²) in [6.45, 7) is 1.42. The fourth-order valence-corrected chi connectivity index (χ4v) is 6.20. The van der Waals surface area contributed by atoms with Crippen molar-refractivity contribution in [2.75, 3.05) is 17.4 Å². The lowest BCUT2D eigenvalue weighted by Gasteiger charge is -2.34. The van der Waals surface area contributed by atoms with Crippen molar-refractivity contribution in [2.24, 2.45) is 0 Å². The molecule has 0 radical (unpaired) electrons. The molecule has 0 spiro atoms. The molecule has 0 saturated heterocycles. The first-order chi connectivity index (χ1) is 21.1. The molecule has 44 heavy (non-hydrogen) atoms. The van der Waals surface area contributed by atoms with Crippen molar-refractivity contribution in [1.82, 2.24) is 10.2 Å². The highest BCUT2D eigenvalue weighted by Gasteiger charge is 2.34. The Morgan fingerprint density at radius 2 is 1.50 bits per heavy atom. The summed E-state index contributed by atoms with van der Waals surface area (Å²) in [7, 11) is -4.36. The van der Waals surface area contributed by atoms with Gasteiger partial charge in [0.2, 0.25) is 11.8 Å². The lowest BCUT2D eigenvalue weighted by atomic mass is 10.0. The molecule has 0 bridgehead atoms. The van der Waals surface area contributed by atoms with Crippen LogP contribution in [0.2, 0.25) is 5.02 Å². The van der Waals surface area contributed by atoms with Crippen LogP contribution >= 0.6 is 11.6 Å². The van der Waals surface area contributed by atoms with Crippen molar-refractivity contribution in [1.29, 1.82) is 0 Å². The van der Waals surface area contributed by atoms with Gasteiger partial charge in [0.1, 0.15) is 24.2 Å². The maximum Gasteiger partial charge on any atom is 0.264 e. The normalized spacial score (nSPS) is 11.9. The number of nitrogens with zero attached hydrogens (tertiary/aromatic N) is 2. The molecule has 2 amide bonds. The van der Waals surface area contributed by atoms with Gasteiger partial charge in [0.25, 0.3) is 10.0 Å². The Bertz CT molecular complexity index is 1670. The summed E-state index contributed by atoms with van der Waals surface area (Å²) < 4.78 is 56.5. The number of sulfonamides is 1. The van der Waals surface area contributed by atoms with Crippen molar-refractivity contribution < 1.29 is 26.8 Å². The Morgan fingerprint density at radius 3 is 2.11 bits per heavy atom. The van der Waals surface area contributed by atoms with Crippen molar-refractivity contribution in [3.63, 3.8) is 0 Å². The fourth-order valence-electron chi connectivity index (χ4n) is 4.60. The third-order valence-corrected chi connectivity index (χ3v) is 8.97. The van der Waals surface area contributed by atoms with E-state index in [4.69, 9.17) is 11.6 Å². The van der Waals surface area contributed by atoms with E-state index in [1.165, 1.54) is 47.4 Å². The van der Waals surface area contributed by atoms with Gasteiger partial charge in [0, 0.05) is 19.5 Å². The van der Waals surface area contributed by atoms with Crippen LogP contribution < -0.4 is 9.62 Å². The number of carbonyl (C=O) groups is 2. The summed E-state index contributed by atoms with van der Waals surface area (Å²) in [5.74, 6) is -2.36. The number of nitrogens with one attached hydrogen (secondary N) is 1. The number of hydrogen-bond acceptors (Lipinski definition) is 4. The minimum Gasteiger partial charge on any atom is -0.354 e. The van der Waals surface area contributed by atoms with Gasteiger partial charge in [-0.3, -0.25) is 13.9 Å². The molecule has 1 atom stereocenters. The zero-order valence-electron chi connectivity index (χ0n) is 24.0. The maximum absolute atomic E-state index is 14.3. The second-order valence-corrected chi connectivity index (χ2v) is 12.3. The van der Waals surface area contributed by atoms with Crippen molar-refractivity contribution in [3.05, 3.63) is 131 Å². The van der Waals surface area contributed by atoms with Crippen LogP contribution in [0.15, 0.2) is 108 Å². The molecule has 0 saturated carbocycles. The Kier molecular flexibility index (Phi) is 11.1. The lowest BCUT2D eigenvalue weighted by molar-refractivity contribution is -0.140. The molecule has 230 valence electrons. The highest BCUT2D eigenvalue weighted by molar-refractivity contribution is 7.92. The van der Waals surface area contributed by atoms with E-state index < -0.39 is 46.1 Å². The molecule has 0 aliphatic carbocycles. The minimum atomic E-state index is -4.36. The van der Waals surface area contributed by atoms with E-state index in [-0.39, 0.29) is 28.6 Å². The average molecular weight is 640 g/mol. The summed E-state index contributed by atoms with van der Waals surface area (Å²) >= 11 is 6.03. The zero-order valence-corrected chi connectivity index (χ0v) is 25.6. The lowest BCUT2D eigenvalue weighted by Crippen LogP contribution is -2.53. The number of benzene rings is 4. The molecule has 0 aliphatic heterocycles. The predicted molar refractivity (Wildman–Crippen MR) is 167 cm³/mol. The molecule has 4 rings (SSSR count). The Morgan fingerprint density at radius 1 is 0.864 bits per heavy atom. The van der Waals surface area contributed by atoms with Crippen LogP contribution in [0.3, 0.4) is 0 Å². The van der Waals surface area contributed by atoms with Crippen LogP contribution in [0.5, 0.6) is 0 Å². The summed E-state index contributed by atoms with van der Waals surface area (Å²) in [5, 5.41) is 2.53. The molecule has 1 N–H and O–H groups in total. The van der Waals surface area contributed by atoms with Crippen LogP contribution in [0.1, 0.15) is 24.5 Å². The van der Waals surface area contributed by atoms with Crippen molar-refractivity contribution >= 4 is 39.1 Å². The number of anilines is 1. The van der Waals surface area contributed by atoms with Gasteiger partial charge in [0.15, 0.2) is 0 Å².